The lowest BCUT2D eigenvalue weighted by Crippen LogP contribution is -2.27. The first-order valence-electron chi connectivity index (χ1n) is 5.99. The predicted molar refractivity (Wildman–Crippen MR) is 72.0 cm³/mol. The van der Waals surface area contributed by atoms with Crippen LogP contribution in [0, 0.1) is 12.7 Å². The molecular weight excluding hydrogens is 287 g/mol. The maximum absolute atomic E-state index is 13.3. The summed E-state index contributed by atoms with van der Waals surface area (Å²) in [6.07, 6.45) is -0.0806. The first kappa shape index (κ1) is 16.4. The number of hydrogen-bond acceptors (Lipinski definition) is 5. The van der Waals surface area contributed by atoms with Crippen LogP contribution >= 0.6 is 0 Å². The zero-order valence-corrected chi connectivity index (χ0v) is 12.1. The number of sulfonamides is 1. The summed E-state index contributed by atoms with van der Waals surface area (Å²) < 4.78 is 44.1. The van der Waals surface area contributed by atoms with Crippen LogP contribution in [0.1, 0.15) is 18.9 Å². The zero-order valence-electron chi connectivity index (χ0n) is 11.3. The van der Waals surface area contributed by atoms with Gasteiger partial charge in [0, 0.05) is 6.54 Å². The van der Waals surface area contributed by atoms with Crippen LogP contribution in [0.2, 0.25) is 0 Å². The van der Waals surface area contributed by atoms with Crippen LogP contribution in [0.5, 0.6) is 0 Å². The molecule has 0 spiro atoms. The lowest BCUT2D eigenvalue weighted by atomic mass is 10.2. The van der Waals surface area contributed by atoms with E-state index in [4.69, 9.17) is 5.73 Å². The van der Waals surface area contributed by atoms with Gasteiger partial charge in [0.1, 0.15) is 5.82 Å². The van der Waals surface area contributed by atoms with Gasteiger partial charge in [-0.25, -0.2) is 17.5 Å². The van der Waals surface area contributed by atoms with E-state index in [-0.39, 0.29) is 35.7 Å². The Hall–Kier alpha value is -1.67. The Bertz CT molecular complexity index is 578. The number of halogens is 1. The van der Waals surface area contributed by atoms with E-state index in [1.54, 1.807) is 6.92 Å². The van der Waals surface area contributed by atoms with Crippen molar-refractivity contribution < 1.29 is 22.3 Å². The molecule has 0 aliphatic heterocycles. The Morgan fingerprint density at radius 1 is 1.45 bits per heavy atom. The second-order valence-electron chi connectivity index (χ2n) is 4.10. The van der Waals surface area contributed by atoms with Crippen LogP contribution in [-0.4, -0.2) is 27.5 Å². The van der Waals surface area contributed by atoms with E-state index in [1.807, 2.05) is 0 Å². The number of esters is 1. The maximum atomic E-state index is 13.3. The number of nitrogens with two attached hydrogens (primary N) is 1. The first-order valence-corrected chi connectivity index (χ1v) is 7.47. The van der Waals surface area contributed by atoms with Gasteiger partial charge in [0.2, 0.25) is 10.0 Å². The lowest BCUT2D eigenvalue weighted by Gasteiger charge is -2.09. The molecule has 1 aromatic carbocycles. The summed E-state index contributed by atoms with van der Waals surface area (Å²) >= 11 is 0. The number of benzene rings is 1. The molecule has 0 heterocycles. The summed E-state index contributed by atoms with van der Waals surface area (Å²) in [5, 5.41) is 0. The van der Waals surface area contributed by atoms with Crippen LogP contribution in [0.3, 0.4) is 0 Å². The number of carbonyl (C=O) groups is 1. The molecule has 20 heavy (non-hydrogen) atoms. The topological polar surface area (TPSA) is 98.5 Å². The number of ether oxygens (including phenoxy) is 1. The van der Waals surface area contributed by atoms with Crippen molar-refractivity contribution in [3.63, 3.8) is 0 Å². The molecule has 6 nitrogen and oxygen atoms in total. The Morgan fingerprint density at radius 3 is 2.65 bits per heavy atom. The van der Waals surface area contributed by atoms with Gasteiger partial charge in [-0.05, 0) is 31.5 Å². The van der Waals surface area contributed by atoms with Crippen molar-refractivity contribution in [1.29, 1.82) is 0 Å². The van der Waals surface area contributed by atoms with E-state index in [0.717, 1.165) is 6.07 Å². The van der Waals surface area contributed by atoms with Gasteiger partial charge in [-0.1, -0.05) is 0 Å². The normalized spacial score (nSPS) is 11.3. The highest BCUT2D eigenvalue weighted by Gasteiger charge is 2.17. The molecule has 0 radical (unpaired) electrons. The average molecular weight is 304 g/mol. The molecular formula is C12H17FN2O4S. The highest BCUT2D eigenvalue weighted by molar-refractivity contribution is 7.89. The van der Waals surface area contributed by atoms with E-state index in [2.05, 4.69) is 9.46 Å². The van der Waals surface area contributed by atoms with Crippen molar-refractivity contribution in [3.05, 3.63) is 23.5 Å². The number of rotatable bonds is 6. The monoisotopic (exact) mass is 304 g/mol. The lowest BCUT2D eigenvalue weighted by molar-refractivity contribution is -0.142. The molecule has 0 bridgehead atoms. The number of aryl methyl sites for hydroxylation is 1. The Labute approximate surface area is 117 Å². The van der Waals surface area contributed by atoms with Crippen LogP contribution in [0.15, 0.2) is 17.0 Å². The summed E-state index contributed by atoms with van der Waals surface area (Å²) in [7, 11) is -3.84. The van der Waals surface area contributed by atoms with Gasteiger partial charge in [0.25, 0.3) is 0 Å². The van der Waals surface area contributed by atoms with Crippen molar-refractivity contribution >= 4 is 21.7 Å². The second-order valence-corrected chi connectivity index (χ2v) is 5.86. The minimum atomic E-state index is -3.84. The van der Waals surface area contributed by atoms with Crippen molar-refractivity contribution in [2.45, 2.75) is 25.2 Å². The third-order valence-electron chi connectivity index (χ3n) is 2.49. The highest BCUT2D eigenvalue weighted by Crippen LogP contribution is 2.20. The molecule has 0 saturated carbocycles. The maximum Gasteiger partial charge on any atom is 0.307 e. The third kappa shape index (κ3) is 4.17. The zero-order chi connectivity index (χ0) is 15.3. The minimum absolute atomic E-state index is 0.0806. The van der Waals surface area contributed by atoms with Crippen molar-refractivity contribution in [1.82, 2.24) is 4.72 Å². The number of nitrogen functional groups attached to an aromatic ring is 1. The van der Waals surface area contributed by atoms with E-state index < -0.39 is 21.8 Å². The van der Waals surface area contributed by atoms with Gasteiger partial charge in [-0.3, -0.25) is 4.79 Å². The molecule has 1 rings (SSSR count). The van der Waals surface area contributed by atoms with Gasteiger partial charge < -0.3 is 10.5 Å². The fourth-order valence-corrected chi connectivity index (χ4v) is 2.67. The van der Waals surface area contributed by atoms with E-state index in [9.17, 15) is 17.6 Å². The highest BCUT2D eigenvalue weighted by atomic mass is 32.2. The standard InChI is InChI=1S/C12H17FN2O4S/c1-3-19-11(16)4-5-15-20(17,18)9-6-8(2)12(13)10(14)7-9/h6-7,15H,3-5,14H2,1-2H3. The van der Waals surface area contributed by atoms with Gasteiger partial charge in [0.15, 0.2) is 0 Å². The molecule has 0 aliphatic carbocycles. The first-order chi connectivity index (χ1) is 9.27. The summed E-state index contributed by atoms with van der Waals surface area (Å²) in [6, 6.07) is 2.22. The SMILES string of the molecule is CCOC(=O)CCNS(=O)(=O)c1cc(C)c(F)c(N)c1. The molecule has 0 aliphatic rings. The number of carbonyl (C=O) groups excluding carboxylic acids is 1. The summed E-state index contributed by atoms with van der Waals surface area (Å²) in [6.45, 7) is 3.21. The van der Waals surface area contributed by atoms with Gasteiger partial charge >= 0.3 is 5.97 Å². The predicted octanol–water partition coefficient (Wildman–Crippen LogP) is 0.948. The number of anilines is 1. The fraction of sp³-hybridized carbons (Fsp3) is 0.417. The van der Waals surface area contributed by atoms with Crippen LogP contribution in [0.4, 0.5) is 10.1 Å². The number of hydrogen-bond donors (Lipinski definition) is 2. The van der Waals surface area contributed by atoms with Crippen LogP contribution < -0.4 is 10.5 Å². The minimum Gasteiger partial charge on any atom is -0.466 e. The molecule has 112 valence electrons. The van der Waals surface area contributed by atoms with Gasteiger partial charge in [0.05, 0.1) is 23.6 Å². The Balaban J connectivity index is 2.77. The van der Waals surface area contributed by atoms with E-state index in [0.29, 0.717) is 0 Å². The molecule has 0 unspecified atom stereocenters. The summed E-state index contributed by atoms with van der Waals surface area (Å²) in [5.74, 6) is -1.14. The van der Waals surface area contributed by atoms with E-state index in [1.165, 1.54) is 13.0 Å². The molecule has 0 fully saturated rings. The van der Waals surface area contributed by atoms with Crippen molar-refractivity contribution in [3.8, 4) is 0 Å². The van der Waals surface area contributed by atoms with Gasteiger partial charge in [-0.15, -0.1) is 0 Å². The van der Waals surface area contributed by atoms with Crippen molar-refractivity contribution in [2.24, 2.45) is 0 Å². The molecule has 8 heteroatoms. The molecule has 1 aromatic rings. The average Bonchev–Trinajstić information content (AvgIpc) is 2.35. The smallest absolute Gasteiger partial charge is 0.307 e. The Kier molecular flexibility index (Phi) is 5.46. The molecule has 0 atom stereocenters. The van der Waals surface area contributed by atoms with Crippen molar-refractivity contribution in [2.75, 3.05) is 18.9 Å². The molecule has 0 amide bonds. The fourth-order valence-electron chi connectivity index (χ4n) is 1.52. The molecule has 3 N–H and O–H groups in total. The Morgan fingerprint density at radius 2 is 2.10 bits per heavy atom. The summed E-state index contributed by atoms with van der Waals surface area (Å²) in [5.41, 5.74) is 5.29. The third-order valence-corrected chi connectivity index (χ3v) is 3.93. The van der Waals surface area contributed by atoms with Crippen LogP contribution in [0.25, 0.3) is 0 Å². The quantitative estimate of drug-likeness (QED) is 0.602. The summed E-state index contributed by atoms with van der Waals surface area (Å²) in [4.78, 5) is 11.0. The van der Waals surface area contributed by atoms with E-state index >= 15 is 0 Å². The largest absolute Gasteiger partial charge is 0.466 e. The van der Waals surface area contributed by atoms with Crippen LogP contribution in [-0.2, 0) is 19.6 Å². The second kappa shape index (κ2) is 6.67. The molecule has 0 aromatic heterocycles. The molecule has 0 saturated heterocycles. The van der Waals surface area contributed by atoms with Gasteiger partial charge in [-0.2, -0.15) is 0 Å². The number of nitrogens with one attached hydrogen (secondary N) is 1.